The smallest absolute Gasteiger partial charge is 0.405 e. The van der Waals surface area contributed by atoms with Gasteiger partial charge in [0.2, 0.25) is 0 Å². The molecular formula is C19H20B2O4. The third-order valence-electron chi connectivity index (χ3n) is 5.51. The third kappa shape index (κ3) is 2.40. The fourth-order valence-corrected chi connectivity index (χ4v) is 4.17. The molecule has 2 aromatic carbocycles. The van der Waals surface area contributed by atoms with Crippen LogP contribution in [-0.4, -0.2) is 40.7 Å². The van der Waals surface area contributed by atoms with Crippen LogP contribution in [0, 0.1) is 0 Å². The summed E-state index contributed by atoms with van der Waals surface area (Å²) < 4.78 is 22.7. The lowest BCUT2D eigenvalue weighted by Crippen LogP contribution is -2.33. The lowest BCUT2D eigenvalue weighted by Gasteiger charge is -2.23. The van der Waals surface area contributed by atoms with Gasteiger partial charge in [0.1, 0.15) is 0 Å². The molecule has 2 heterocycles. The van der Waals surface area contributed by atoms with Crippen molar-refractivity contribution in [1.82, 2.24) is 0 Å². The zero-order valence-corrected chi connectivity index (χ0v) is 14.6. The Hall–Kier alpha value is -1.59. The fourth-order valence-electron chi connectivity index (χ4n) is 4.17. The summed E-state index contributed by atoms with van der Waals surface area (Å²) in [4.78, 5) is 0. The van der Waals surface area contributed by atoms with E-state index in [0.717, 1.165) is 10.9 Å². The highest BCUT2D eigenvalue weighted by atomic mass is 16.6. The van der Waals surface area contributed by atoms with Crippen molar-refractivity contribution in [2.75, 3.05) is 26.4 Å². The molecule has 126 valence electrons. The van der Waals surface area contributed by atoms with E-state index in [2.05, 4.69) is 50.2 Å². The molecule has 0 N–H and O–H groups in total. The highest BCUT2D eigenvalue weighted by Gasteiger charge is 2.38. The van der Waals surface area contributed by atoms with Gasteiger partial charge in [-0.3, -0.25) is 0 Å². The van der Waals surface area contributed by atoms with Crippen molar-refractivity contribution >= 4 is 25.2 Å². The third-order valence-corrected chi connectivity index (χ3v) is 5.51. The molecular weight excluding hydrogens is 314 g/mol. The van der Waals surface area contributed by atoms with Gasteiger partial charge in [-0.05, 0) is 33.2 Å². The summed E-state index contributed by atoms with van der Waals surface area (Å²) >= 11 is 0. The van der Waals surface area contributed by atoms with E-state index in [4.69, 9.17) is 18.6 Å². The summed E-state index contributed by atoms with van der Waals surface area (Å²) in [7, 11) is -0.471. The molecule has 3 aliphatic rings. The zero-order valence-electron chi connectivity index (χ0n) is 14.6. The molecule has 0 bridgehead atoms. The van der Waals surface area contributed by atoms with Crippen LogP contribution in [0.15, 0.2) is 36.4 Å². The first kappa shape index (κ1) is 15.6. The summed E-state index contributed by atoms with van der Waals surface area (Å²) in [5.41, 5.74) is 7.35. The largest absolute Gasteiger partial charge is 0.494 e. The minimum atomic E-state index is -0.235. The van der Waals surface area contributed by atoms with Crippen LogP contribution in [0.4, 0.5) is 0 Å². The topological polar surface area (TPSA) is 36.9 Å². The summed E-state index contributed by atoms with van der Waals surface area (Å²) in [6.07, 6.45) is 0. The van der Waals surface area contributed by atoms with E-state index < -0.39 is 0 Å². The molecule has 6 heteroatoms. The van der Waals surface area contributed by atoms with Crippen LogP contribution in [0.25, 0.3) is 11.1 Å². The van der Waals surface area contributed by atoms with Gasteiger partial charge in [0.15, 0.2) is 0 Å². The monoisotopic (exact) mass is 334 g/mol. The second-order valence-corrected chi connectivity index (χ2v) is 7.38. The van der Waals surface area contributed by atoms with Crippen molar-refractivity contribution in [2.45, 2.75) is 19.3 Å². The SMILES string of the molecule is CC1(C)c2cc(B3OCCO3)ccc2-c2ccc(B3OCCO3)cc21. The quantitative estimate of drug-likeness (QED) is 0.780. The van der Waals surface area contributed by atoms with Crippen LogP contribution in [0.2, 0.25) is 0 Å². The first-order valence-corrected chi connectivity index (χ1v) is 8.90. The number of benzene rings is 2. The van der Waals surface area contributed by atoms with Gasteiger partial charge in [0, 0.05) is 5.41 Å². The number of rotatable bonds is 2. The molecule has 0 spiro atoms. The molecule has 0 amide bonds. The standard InChI is InChI=1S/C19H20B2O4/c1-19(2)17-11-13(20-22-7-8-23-20)3-5-15(17)16-6-4-14(12-18(16)19)21-24-9-10-25-21/h3-6,11-12H,7-10H2,1-2H3. The zero-order chi connectivity index (χ0) is 17.0. The predicted molar refractivity (Wildman–Crippen MR) is 98.6 cm³/mol. The Bertz CT molecular complexity index is 757. The Morgan fingerprint density at radius 2 is 1.08 bits per heavy atom. The normalized spacial score (nSPS) is 20.9. The lowest BCUT2D eigenvalue weighted by molar-refractivity contribution is 0.365. The van der Waals surface area contributed by atoms with E-state index in [0.29, 0.717) is 26.4 Å². The van der Waals surface area contributed by atoms with Crippen molar-refractivity contribution in [3.05, 3.63) is 47.5 Å². The van der Waals surface area contributed by atoms with Gasteiger partial charge in [0.25, 0.3) is 0 Å². The molecule has 0 aromatic heterocycles. The first-order chi connectivity index (χ1) is 12.1. The first-order valence-electron chi connectivity index (χ1n) is 8.90. The summed E-state index contributed by atoms with van der Waals surface area (Å²) in [5, 5.41) is 0. The van der Waals surface area contributed by atoms with E-state index >= 15 is 0 Å². The van der Waals surface area contributed by atoms with Crippen LogP contribution >= 0.6 is 0 Å². The van der Waals surface area contributed by atoms with Gasteiger partial charge < -0.3 is 18.6 Å². The van der Waals surface area contributed by atoms with Crippen LogP contribution in [0.1, 0.15) is 25.0 Å². The van der Waals surface area contributed by atoms with Crippen LogP contribution in [-0.2, 0) is 24.0 Å². The van der Waals surface area contributed by atoms with Gasteiger partial charge in [0.05, 0.1) is 26.4 Å². The lowest BCUT2D eigenvalue weighted by atomic mass is 9.73. The molecule has 0 radical (unpaired) electrons. The van der Waals surface area contributed by atoms with Crippen LogP contribution < -0.4 is 10.9 Å². The molecule has 0 saturated carbocycles. The number of hydrogen-bond acceptors (Lipinski definition) is 4. The number of hydrogen-bond donors (Lipinski definition) is 0. The van der Waals surface area contributed by atoms with Gasteiger partial charge in [-0.25, -0.2) is 0 Å². The predicted octanol–water partition coefficient (Wildman–Crippen LogP) is 1.48. The fraction of sp³-hybridized carbons (Fsp3) is 0.368. The second kappa shape index (κ2) is 5.71. The van der Waals surface area contributed by atoms with Gasteiger partial charge >= 0.3 is 14.2 Å². The van der Waals surface area contributed by atoms with Crippen molar-refractivity contribution in [1.29, 1.82) is 0 Å². The molecule has 2 fully saturated rings. The highest BCUT2D eigenvalue weighted by molar-refractivity contribution is 6.62. The Balaban J connectivity index is 1.58. The Morgan fingerprint density at radius 1 is 0.680 bits per heavy atom. The van der Waals surface area contributed by atoms with E-state index in [-0.39, 0.29) is 19.7 Å². The Morgan fingerprint density at radius 3 is 1.48 bits per heavy atom. The maximum Gasteiger partial charge on any atom is 0.494 e. The maximum atomic E-state index is 5.68. The van der Waals surface area contributed by atoms with Crippen molar-refractivity contribution in [2.24, 2.45) is 0 Å². The van der Waals surface area contributed by atoms with Gasteiger partial charge in [-0.1, -0.05) is 50.2 Å². The van der Waals surface area contributed by atoms with Crippen molar-refractivity contribution < 1.29 is 18.6 Å². The average Bonchev–Trinajstić information content (AvgIpc) is 3.36. The van der Waals surface area contributed by atoms with E-state index in [1.165, 1.54) is 22.3 Å². The summed E-state index contributed by atoms with van der Waals surface area (Å²) in [6.45, 7) is 7.20. The maximum absolute atomic E-state index is 5.68. The van der Waals surface area contributed by atoms with E-state index in [9.17, 15) is 0 Å². The molecule has 4 nitrogen and oxygen atoms in total. The summed E-state index contributed by atoms with van der Waals surface area (Å²) in [6, 6.07) is 13.1. The molecule has 2 aliphatic heterocycles. The molecule has 0 atom stereocenters. The Kier molecular flexibility index (Phi) is 3.57. The minimum absolute atomic E-state index is 0.0755. The molecule has 1 aliphatic carbocycles. The van der Waals surface area contributed by atoms with Gasteiger partial charge in [-0.15, -0.1) is 0 Å². The van der Waals surface area contributed by atoms with Crippen LogP contribution in [0.3, 0.4) is 0 Å². The molecule has 2 saturated heterocycles. The molecule has 25 heavy (non-hydrogen) atoms. The average molecular weight is 334 g/mol. The van der Waals surface area contributed by atoms with E-state index in [1.54, 1.807) is 0 Å². The van der Waals surface area contributed by atoms with Gasteiger partial charge in [-0.2, -0.15) is 0 Å². The van der Waals surface area contributed by atoms with Crippen molar-refractivity contribution in [3.63, 3.8) is 0 Å². The molecule has 5 rings (SSSR count). The minimum Gasteiger partial charge on any atom is -0.405 e. The van der Waals surface area contributed by atoms with Crippen LogP contribution in [0.5, 0.6) is 0 Å². The van der Waals surface area contributed by atoms with E-state index in [1.807, 2.05) is 0 Å². The Labute approximate surface area is 148 Å². The highest BCUT2D eigenvalue weighted by Crippen LogP contribution is 2.47. The molecule has 0 unspecified atom stereocenters. The second-order valence-electron chi connectivity index (χ2n) is 7.38. The van der Waals surface area contributed by atoms with Crippen molar-refractivity contribution in [3.8, 4) is 11.1 Å². The summed E-state index contributed by atoms with van der Waals surface area (Å²) in [5.74, 6) is 0. The molecule has 2 aromatic rings. The number of fused-ring (bicyclic) bond motifs is 3.